The number of nitro groups is 1. The van der Waals surface area contributed by atoms with Crippen LogP contribution < -0.4 is 16.2 Å². The molecule has 104 valence electrons. The maximum absolute atomic E-state index is 11.0. The third kappa shape index (κ3) is 4.22. The van der Waals surface area contributed by atoms with Gasteiger partial charge in [0.15, 0.2) is 5.75 Å². The van der Waals surface area contributed by atoms with Crippen LogP contribution in [0.25, 0.3) is 0 Å². The SMILES string of the molecule is CC(N)(CCCOc1ccccc1[N+](=O)[O-])C(N)=O. The third-order valence-electron chi connectivity index (χ3n) is 2.72. The van der Waals surface area contributed by atoms with Gasteiger partial charge in [0, 0.05) is 6.07 Å². The first-order valence-electron chi connectivity index (χ1n) is 5.79. The van der Waals surface area contributed by atoms with Gasteiger partial charge in [-0.05, 0) is 25.8 Å². The highest BCUT2D eigenvalue weighted by Crippen LogP contribution is 2.26. The van der Waals surface area contributed by atoms with Gasteiger partial charge in [-0.25, -0.2) is 0 Å². The van der Waals surface area contributed by atoms with Crippen LogP contribution in [0, 0.1) is 10.1 Å². The van der Waals surface area contributed by atoms with Crippen LogP contribution in [0.5, 0.6) is 5.75 Å². The van der Waals surface area contributed by atoms with Crippen LogP contribution in [-0.4, -0.2) is 23.0 Å². The lowest BCUT2D eigenvalue weighted by Crippen LogP contribution is -2.49. The van der Waals surface area contributed by atoms with Crippen molar-refractivity contribution < 1.29 is 14.5 Å². The molecule has 19 heavy (non-hydrogen) atoms. The summed E-state index contributed by atoms with van der Waals surface area (Å²) in [5.74, 6) is -0.386. The van der Waals surface area contributed by atoms with E-state index in [1.807, 2.05) is 0 Å². The van der Waals surface area contributed by atoms with Gasteiger partial charge in [-0.3, -0.25) is 14.9 Å². The van der Waals surface area contributed by atoms with E-state index >= 15 is 0 Å². The molecule has 1 amide bonds. The van der Waals surface area contributed by atoms with Crippen molar-refractivity contribution in [2.45, 2.75) is 25.3 Å². The van der Waals surface area contributed by atoms with Gasteiger partial charge in [0.2, 0.25) is 5.91 Å². The van der Waals surface area contributed by atoms with Gasteiger partial charge in [-0.15, -0.1) is 0 Å². The molecule has 0 aliphatic heterocycles. The minimum absolute atomic E-state index is 0.0899. The zero-order chi connectivity index (χ0) is 14.5. The van der Waals surface area contributed by atoms with Gasteiger partial charge in [0.25, 0.3) is 0 Å². The Kier molecular flexibility index (Phi) is 4.82. The summed E-state index contributed by atoms with van der Waals surface area (Å²) in [5, 5.41) is 10.7. The predicted octanol–water partition coefficient (Wildman–Crippen LogP) is 0.956. The van der Waals surface area contributed by atoms with E-state index in [4.69, 9.17) is 16.2 Å². The molecule has 1 unspecified atom stereocenters. The van der Waals surface area contributed by atoms with E-state index < -0.39 is 16.4 Å². The number of amides is 1. The number of nitrogens with two attached hydrogens (primary N) is 2. The molecule has 0 saturated carbocycles. The van der Waals surface area contributed by atoms with Crippen LogP contribution in [0.4, 0.5) is 5.69 Å². The Morgan fingerprint density at radius 2 is 2.11 bits per heavy atom. The highest BCUT2D eigenvalue weighted by Gasteiger charge is 2.24. The topological polar surface area (TPSA) is 121 Å². The molecule has 4 N–H and O–H groups in total. The Hall–Kier alpha value is -2.15. The quantitative estimate of drug-likeness (QED) is 0.433. The van der Waals surface area contributed by atoms with E-state index in [2.05, 4.69) is 0 Å². The number of carbonyl (C=O) groups excluding carboxylic acids is 1. The molecular formula is C12H17N3O4. The van der Waals surface area contributed by atoms with E-state index in [-0.39, 0.29) is 18.0 Å². The van der Waals surface area contributed by atoms with E-state index in [9.17, 15) is 14.9 Å². The molecule has 7 heteroatoms. The second kappa shape index (κ2) is 6.14. The lowest BCUT2D eigenvalue weighted by atomic mass is 9.97. The van der Waals surface area contributed by atoms with E-state index in [0.717, 1.165) is 0 Å². The molecule has 1 aromatic carbocycles. The summed E-state index contributed by atoms with van der Waals surface area (Å²) in [6, 6.07) is 6.10. The first kappa shape index (κ1) is 14.9. The number of carbonyl (C=O) groups is 1. The molecule has 0 bridgehead atoms. The normalized spacial score (nSPS) is 13.6. The van der Waals surface area contributed by atoms with Crippen molar-refractivity contribution in [3.05, 3.63) is 34.4 Å². The summed E-state index contributed by atoms with van der Waals surface area (Å²) in [6.07, 6.45) is 0.824. The molecule has 7 nitrogen and oxygen atoms in total. The van der Waals surface area contributed by atoms with Gasteiger partial charge in [-0.1, -0.05) is 12.1 Å². The predicted molar refractivity (Wildman–Crippen MR) is 69.6 cm³/mol. The molecule has 1 atom stereocenters. The molecular weight excluding hydrogens is 250 g/mol. The van der Waals surface area contributed by atoms with Crippen molar-refractivity contribution in [3.8, 4) is 5.75 Å². The number of hydrogen-bond donors (Lipinski definition) is 2. The average Bonchev–Trinajstić information content (AvgIpc) is 2.34. The molecule has 0 spiro atoms. The summed E-state index contributed by atoms with van der Waals surface area (Å²) in [7, 11) is 0. The number of rotatable bonds is 7. The zero-order valence-corrected chi connectivity index (χ0v) is 10.7. The monoisotopic (exact) mass is 267 g/mol. The van der Waals surface area contributed by atoms with E-state index in [1.54, 1.807) is 19.1 Å². The van der Waals surface area contributed by atoms with Crippen molar-refractivity contribution >= 4 is 11.6 Å². The Balaban J connectivity index is 2.51. The minimum Gasteiger partial charge on any atom is -0.487 e. The number of primary amides is 1. The molecule has 0 radical (unpaired) electrons. The van der Waals surface area contributed by atoms with Crippen molar-refractivity contribution in [2.75, 3.05) is 6.61 Å². The number of para-hydroxylation sites is 2. The Labute approximate surface area is 110 Å². The summed E-state index contributed by atoms with van der Waals surface area (Å²) in [6.45, 7) is 1.77. The Morgan fingerprint density at radius 1 is 1.47 bits per heavy atom. The second-order valence-corrected chi connectivity index (χ2v) is 4.46. The lowest BCUT2D eigenvalue weighted by molar-refractivity contribution is -0.385. The first-order chi connectivity index (χ1) is 8.84. The van der Waals surface area contributed by atoms with Crippen LogP contribution in [0.2, 0.25) is 0 Å². The average molecular weight is 267 g/mol. The van der Waals surface area contributed by atoms with Crippen LogP contribution in [0.1, 0.15) is 19.8 Å². The number of nitro benzene ring substituents is 1. The fourth-order valence-corrected chi connectivity index (χ4v) is 1.47. The number of benzene rings is 1. The smallest absolute Gasteiger partial charge is 0.310 e. The molecule has 0 heterocycles. The Morgan fingerprint density at radius 3 is 2.68 bits per heavy atom. The molecule has 0 aliphatic carbocycles. The minimum atomic E-state index is -1.09. The lowest BCUT2D eigenvalue weighted by Gasteiger charge is -2.19. The van der Waals surface area contributed by atoms with E-state index in [1.165, 1.54) is 12.1 Å². The molecule has 0 aromatic heterocycles. The third-order valence-corrected chi connectivity index (χ3v) is 2.72. The molecule has 1 aromatic rings. The fraction of sp³-hybridized carbons (Fsp3) is 0.417. The number of hydrogen-bond acceptors (Lipinski definition) is 5. The molecule has 0 saturated heterocycles. The second-order valence-electron chi connectivity index (χ2n) is 4.46. The first-order valence-corrected chi connectivity index (χ1v) is 5.79. The van der Waals surface area contributed by atoms with E-state index in [0.29, 0.717) is 12.8 Å². The summed E-state index contributed by atoms with van der Waals surface area (Å²) in [5.41, 5.74) is 9.63. The van der Waals surface area contributed by atoms with Crippen LogP contribution in [0.15, 0.2) is 24.3 Å². The van der Waals surface area contributed by atoms with Crippen LogP contribution in [-0.2, 0) is 4.79 Å². The Bertz CT molecular complexity index is 474. The highest BCUT2D eigenvalue weighted by molar-refractivity contribution is 5.83. The van der Waals surface area contributed by atoms with Crippen molar-refractivity contribution in [1.29, 1.82) is 0 Å². The summed E-state index contributed by atoms with van der Waals surface area (Å²) in [4.78, 5) is 21.2. The maximum Gasteiger partial charge on any atom is 0.310 e. The van der Waals surface area contributed by atoms with Gasteiger partial charge in [-0.2, -0.15) is 0 Å². The van der Waals surface area contributed by atoms with Crippen molar-refractivity contribution in [3.63, 3.8) is 0 Å². The summed E-state index contributed by atoms with van der Waals surface area (Å²) >= 11 is 0. The number of nitrogens with zero attached hydrogens (tertiary/aromatic N) is 1. The number of ether oxygens (including phenoxy) is 1. The maximum atomic E-state index is 11.0. The van der Waals surface area contributed by atoms with Gasteiger partial charge < -0.3 is 16.2 Å². The highest BCUT2D eigenvalue weighted by atomic mass is 16.6. The standard InChI is InChI=1S/C12H17N3O4/c1-12(14,11(13)16)7-4-8-19-10-6-3-2-5-9(10)15(17)18/h2-3,5-6H,4,7-8,14H2,1H3,(H2,13,16). The molecule has 1 rings (SSSR count). The fourth-order valence-electron chi connectivity index (χ4n) is 1.47. The van der Waals surface area contributed by atoms with Crippen molar-refractivity contribution in [2.24, 2.45) is 11.5 Å². The molecule has 0 fully saturated rings. The van der Waals surface area contributed by atoms with Gasteiger partial charge in [0.1, 0.15) is 0 Å². The zero-order valence-electron chi connectivity index (χ0n) is 10.7. The largest absolute Gasteiger partial charge is 0.487 e. The van der Waals surface area contributed by atoms with Crippen LogP contribution >= 0.6 is 0 Å². The van der Waals surface area contributed by atoms with Crippen LogP contribution in [0.3, 0.4) is 0 Å². The summed E-state index contributed by atoms with van der Waals surface area (Å²) < 4.78 is 5.32. The van der Waals surface area contributed by atoms with Gasteiger partial charge >= 0.3 is 5.69 Å². The van der Waals surface area contributed by atoms with Gasteiger partial charge in [0.05, 0.1) is 17.1 Å². The van der Waals surface area contributed by atoms with Crippen molar-refractivity contribution in [1.82, 2.24) is 0 Å². The molecule has 0 aliphatic rings.